The summed E-state index contributed by atoms with van der Waals surface area (Å²) in [5.41, 5.74) is 1.25. The summed E-state index contributed by atoms with van der Waals surface area (Å²) in [5, 5.41) is 7.85. The summed E-state index contributed by atoms with van der Waals surface area (Å²) in [6, 6.07) is 0.251. The van der Waals surface area contributed by atoms with E-state index in [1.54, 1.807) is 6.20 Å². The molecule has 1 saturated carbocycles. The number of amides is 1. The molecule has 2 aliphatic rings. The summed E-state index contributed by atoms with van der Waals surface area (Å²) >= 11 is 0. The van der Waals surface area contributed by atoms with Gasteiger partial charge in [0.05, 0.1) is 18.8 Å². The average molecular weight is 274 g/mol. The van der Waals surface area contributed by atoms with Crippen LogP contribution in [0.2, 0.25) is 0 Å². The van der Waals surface area contributed by atoms with Gasteiger partial charge in [0.2, 0.25) is 5.91 Å². The lowest BCUT2D eigenvalue weighted by molar-refractivity contribution is -0.130. The third kappa shape index (κ3) is 3.08. The van der Waals surface area contributed by atoms with E-state index in [-0.39, 0.29) is 11.9 Å². The van der Waals surface area contributed by atoms with Crippen molar-refractivity contribution < 1.29 is 4.79 Å². The standard InChI is InChI=1S/C15H22N4O/c1-12(13-5-6-13)10-15(20)19-8-3-2-4-14(19)11-18-9-7-16-17-18/h7,9-10,13-14H,2-6,8,11H2,1H3/b12-10+. The van der Waals surface area contributed by atoms with Crippen molar-refractivity contribution in [2.45, 2.75) is 51.6 Å². The molecule has 5 heteroatoms. The Kier molecular flexibility index (Phi) is 3.85. The van der Waals surface area contributed by atoms with Crippen LogP contribution >= 0.6 is 0 Å². The summed E-state index contributed by atoms with van der Waals surface area (Å²) in [6.07, 6.45) is 11.3. The summed E-state index contributed by atoms with van der Waals surface area (Å²) in [6.45, 7) is 3.71. The van der Waals surface area contributed by atoms with Crippen LogP contribution in [0.1, 0.15) is 39.0 Å². The molecular weight excluding hydrogens is 252 g/mol. The molecule has 5 nitrogen and oxygen atoms in total. The van der Waals surface area contributed by atoms with Crippen LogP contribution in [-0.4, -0.2) is 38.4 Å². The number of aromatic nitrogens is 3. The second-order valence-electron chi connectivity index (χ2n) is 5.97. The van der Waals surface area contributed by atoms with E-state index in [1.807, 2.05) is 21.9 Å². The predicted molar refractivity (Wildman–Crippen MR) is 75.9 cm³/mol. The van der Waals surface area contributed by atoms with Gasteiger partial charge in [0, 0.05) is 18.8 Å². The van der Waals surface area contributed by atoms with Gasteiger partial charge < -0.3 is 4.90 Å². The Balaban J connectivity index is 1.68. The fourth-order valence-corrected chi connectivity index (χ4v) is 2.96. The van der Waals surface area contributed by atoms with Crippen molar-refractivity contribution in [1.82, 2.24) is 19.9 Å². The van der Waals surface area contributed by atoms with Crippen molar-refractivity contribution in [3.63, 3.8) is 0 Å². The van der Waals surface area contributed by atoms with Gasteiger partial charge in [-0.15, -0.1) is 5.10 Å². The minimum absolute atomic E-state index is 0.180. The first-order valence-corrected chi connectivity index (χ1v) is 7.57. The molecule has 20 heavy (non-hydrogen) atoms. The summed E-state index contributed by atoms with van der Waals surface area (Å²) in [4.78, 5) is 14.5. The van der Waals surface area contributed by atoms with E-state index >= 15 is 0 Å². The second-order valence-corrected chi connectivity index (χ2v) is 5.97. The highest BCUT2D eigenvalue weighted by Crippen LogP contribution is 2.36. The number of likely N-dealkylation sites (tertiary alicyclic amines) is 1. The van der Waals surface area contributed by atoms with Crippen molar-refractivity contribution in [2.75, 3.05) is 6.54 Å². The zero-order valence-electron chi connectivity index (χ0n) is 12.0. The molecule has 3 rings (SSSR count). The number of hydrogen-bond donors (Lipinski definition) is 0. The molecule has 0 aromatic carbocycles. The molecule has 1 amide bonds. The molecular formula is C15H22N4O. The van der Waals surface area contributed by atoms with Crippen molar-refractivity contribution in [3.05, 3.63) is 24.0 Å². The normalized spacial score (nSPS) is 23.9. The molecule has 0 bridgehead atoms. The maximum atomic E-state index is 12.5. The van der Waals surface area contributed by atoms with Gasteiger partial charge in [-0.1, -0.05) is 10.8 Å². The van der Waals surface area contributed by atoms with Gasteiger partial charge in [0.25, 0.3) is 0 Å². The van der Waals surface area contributed by atoms with E-state index in [9.17, 15) is 4.79 Å². The van der Waals surface area contributed by atoms with E-state index < -0.39 is 0 Å². The van der Waals surface area contributed by atoms with Crippen LogP contribution in [0.15, 0.2) is 24.0 Å². The molecule has 1 saturated heterocycles. The molecule has 1 aromatic rings. The highest BCUT2D eigenvalue weighted by molar-refractivity contribution is 5.88. The highest BCUT2D eigenvalue weighted by atomic mass is 16.2. The number of rotatable bonds is 4. The van der Waals surface area contributed by atoms with Gasteiger partial charge in [-0.2, -0.15) is 0 Å². The van der Waals surface area contributed by atoms with E-state index in [0.29, 0.717) is 5.92 Å². The minimum atomic E-state index is 0.180. The lowest BCUT2D eigenvalue weighted by Crippen LogP contribution is -2.45. The lowest BCUT2D eigenvalue weighted by Gasteiger charge is -2.35. The third-order valence-corrected chi connectivity index (χ3v) is 4.35. The highest BCUT2D eigenvalue weighted by Gasteiger charge is 2.28. The zero-order chi connectivity index (χ0) is 13.9. The van der Waals surface area contributed by atoms with Gasteiger partial charge in [-0.05, 0) is 44.9 Å². The largest absolute Gasteiger partial charge is 0.334 e. The number of carbonyl (C=O) groups excluding carboxylic acids is 1. The Morgan fingerprint density at radius 3 is 2.90 bits per heavy atom. The van der Waals surface area contributed by atoms with Gasteiger partial charge in [-0.3, -0.25) is 9.48 Å². The van der Waals surface area contributed by atoms with E-state index in [0.717, 1.165) is 25.9 Å². The van der Waals surface area contributed by atoms with E-state index in [1.165, 1.54) is 24.8 Å². The van der Waals surface area contributed by atoms with Crippen molar-refractivity contribution in [2.24, 2.45) is 5.92 Å². The second kappa shape index (κ2) is 5.77. The summed E-state index contributed by atoms with van der Waals surface area (Å²) < 4.78 is 1.83. The first kappa shape index (κ1) is 13.3. The maximum absolute atomic E-state index is 12.5. The topological polar surface area (TPSA) is 51.0 Å². The molecule has 108 valence electrons. The quantitative estimate of drug-likeness (QED) is 0.789. The van der Waals surface area contributed by atoms with Crippen LogP contribution in [0.4, 0.5) is 0 Å². The third-order valence-electron chi connectivity index (χ3n) is 4.35. The van der Waals surface area contributed by atoms with Gasteiger partial charge in [0.15, 0.2) is 0 Å². The molecule has 1 aromatic heterocycles. The van der Waals surface area contributed by atoms with E-state index in [4.69, 9.17) is 0 Å². The number of piperidine rings is 1. The predicted octanol–water partition coefficient (Wildman–Crippen LogP) is 2.02. The minimum Gasteiger partial charge on any atom is -0.334 e. The van der Waals surface area contributed by atoms with Gasteiger partial charge >= 0.3 is 0 Å². The number of carbonyl (C=O) groups is 1. The molecule has 1 aliphatic heterocycles. The summed E-state index contributed by atoms with van der Waals surface area (Å²) in [5.74, 6) is 0.844. The molecule has 2 heterocycles. The van der Waals surface area contributed by atoms with Gasteiger partial charge in [-0.25, -0.2) is 0 Å². The lowest BCUT2D eigenvalue weighted by atomic mass is 10.0. The molecule has 0 radical (unpaired) electrons. The smallest absolute Gasteiger partial charge is 0.246 e. The Morgan fingerprint density at radius 2 is 2.20 bits per heavy atom. The Labute approximate surface area is 119 Å². The molecule has 0 spiro atoms. The molecule has 1 unspecified atom stereocenters. The molecule has 0 N–H and O–H groups in total. The number of allylic oxidation sites excluding steroid dienone is 1. The first-order chi connectivity index (χ1) is 9.74. The Morgan fingerprint density at radius 1 is 1.35 bits per heavy atom. The van der Waals surface area contributed by atoms with Crippen LogP contribution in [0.5, 0.6) is 0 Å². The van der Waals surface area contributed by atoms with Gasteiger partial charge in [0.1, 0.15) is 0 Å². The van der Waals surface area contributed by atoms with Crippen LogP contribution in [-0.2, 0) is 11.3 Å². The molecule has 1 atom stereocenters. The Bertz CT molecular complexity index is 490. The first-order valence-electron chi connectivity index (χ1n) is 7.57. The van der Waals surface area contributed by atoms with Crippen LogP contribution < -0.4 is 0 Å². The number of hydrogen-bond acceptors (Lipinski definition) is 3. The van der Waals surface area contributed by atoms with E-state index in [2.05, 4.69) is 17.2 Å². The fourth-order valence-electron chi connectivity index (χ4n) is 2.96. The maximum Gasteiger partial charge on any atom is 0.246 e. The average Bonchev–Trinajstić information content (AvgIpc) is 3.18. The van der Waals surface area contributed by atoms with Crippen LogP contribution in [0.25, 0.3) is 0 Å². The zero-order valence-corrected chi connectivity index (χ0v) is 12.0. The fraction of sp³-hybridized carbons (Fsp3) is 0.667. The van der Waals surface area contributed by atoms with Crippen molar-refractivity contribution >= 4 is 5.91 Å². The monoisotopic (exact) mass is 274 g/mol. The molecule has 2 fully saturated rings. The molecule has 1 aliphatic carbocycles. The Hall–Kier alpha value is -1.65. The summed E-state index contributed by atoms with van der Waals surface area (Å²) in [7, 11) is 0. The SMILES string of the molecule is C/C(=C\C(=O)N1CCCCC1Cn1ccnn1)C1CC1. The van der Waals surface area contributed by atoms with Crippen LogP contribution in [0, 0.1) is 5.92 Å². The number of nitrogens with zero attached hydrogens (tertiary/aromatic N) is 4. The van der Waals surface area contributed by atoms with Crippen LogP contribution in [0.3, 0.4) is 0 Å². The van der Waals surface area contributed by atoms with Crippen molar-refractivity contribution in [1.29, 1.82) is 0 Å². The van der Waals surface area contributed by atoms with Crippen molar-refractivity contribution in [3.8, 4) is 0 Å².